The summed E-state index contributed by atoms with van der Waals surface area (Å²) in [6.45, 7) is 1.08. The molecule has 0 aliphatic heterocycles. The molecule has 1 atom stereocenters. The van der Waals surface area contributed by atoms with Crippen LogP contribution >= 0.6 is 0 Å². The van der Waals surface area contributed by atoms with Crippen LogP contribution in [0.4, 0.5) is 0 Å². The van der Waals surface area contributed by atoms with Crippen LogP contribution in [0.15, 0.2) is 34.7 Å². The molecular formula is C14H16O3. The summed E-state index contributed by atoms with van der Waals surface area (Å²) in [5.74, 6) is 1.31. The maximum absolute atomic E-state index is 9.94. The van der Waals surface area contributed by atoms with Crippen LogP contribution < -0.4 is 0 Å². The highest BCUT2D eigenvalue weighted by molar-refractivity contribution is 5.77. The largest absolute Gasteiger partial charge is 0.458 e. The number of aliphatic hydroxyl groups excluding tert-OH is 1. The van der Waals surface area contributed by atoms with E-state index in [4.69, 9.17) is 9.15 Å². The first-order valence-corrected chi connectivity index (χ1v) is 6.07. The van der Waals surface area contributed by atoms with Crippen molar-refractivity contribution in [2.75, 3.05) is 13.2 Å². The average molecular weight is 232 g/mol. The van der Waals surface area contributed by atoms with E-state index in [-0.39, 0.29) is 0 Å². The van der Waals surface area contributed by atoms with Crippen LogP contribution in [0.3, 0.4) is 0 Å². The summed E-state index contributed by atoms with van der Waals surface area (Å²) in [5.41, 5.74) is 0.809. The number of para-hydroxylation sites is 1. The minimum Gasteiger partial charge on any atom is -0.458 e. The zero-order chi connectivity index (χ0) is 11.7. The minimum atomic E-state index is -0.666. The van der Waals surface area contributed by atoms with Crippen molar-refractivity contribution in [3.63, 3.8) is 0 Å². The smallest absolute Gasteiger partial charge is 0.136 e. The molecule has 0 bridgehead atoms. The summed E-state index contributed by atoms with van der Waals surface area (Å²) in [4.78, 5) is 0. The Bertz CT molecular complexity index is 466. The molecule has 1 aromatic heterocycles. The topological polar surface area (TPSA) is 42.6 Å². The van der Waals surface area contributed by atoms with Gasteiger partial charge in [0, 0.05) is 12.0 Å². The Balaban J connectivity index is 1.64. The number of ether oxygens (including phenoxy) is 1. The summed E-state index contributed by atoms with van der Waals surface area (Å²) >= 11 is 0. The Kier molecular flexibility index (Phi) is 2.87. The van der Waals surface area contributed by atoms with Crippen molar-refractivity contribution in [1.82, 2.24) is 0 Å². The van der Waals surface area contributed by atoms with Crippen LogP contribution in [-0.2, 0) is 4.74 Å². The number of aliphatic hydroxyl groups is 1. The van der Waals surface area contributed by atoms with E-state index in [1.807, 2.05) is 30.3 Å². The third-order valence-electron chi connectivity index (χ3n) is 3.10. The van der Waals surface area contributed by atoms with Crippen LogP contribution in [0, 0.1) is 5.92 Å². The standard InChI is InChI=1S/C14H16O3/c15-12(9-16-8-10-5-6-10)14-7-11-3-1-2-4-13(11)17-14/h1-4,7,10,12,15H,5-6,8-9H2. The minimum absolute atomic E-state index is 0.316. The van der Waals surface area contributed by atoms with Gasteiger partial charge in [-0.2, -0.15) is 0 Å². The molecule has 3 rings (SSSR count). The number of furan rings is 1. The lowest BCUT2D eigenvalue weighted by Gasteiger charge is -2.07. The molecule has 3 heteroatoms. The molecule has 1 N–H and O–H groups in total. The van der Waals surface area contributed by atoms with Gasteiger partial charge in [-0.15, -0.1) is 0 Å². The molecule has 90 valence electrons. The van der Waals surface area contributed by atoms with Crippen LogP contribution in [0.1, 0.15) is 24.7 Å². The maximum atomic E-state index is 9.94. The van der Waals surface area contributed by atoms with Gasteiger partial charge in [0.2, 0.25) is 0 Å². The Labute approximate surface area is 100.0 Å². The quantitative estimate of drug-likeness (QED) is 0.861. The number of fused-ring (bicyclic) bond motifs is 1. The fourth-order valence-electron chi connectivity index (χ4n) is 1.88. The van der Waals surface area contributed by atoms with Gasteiger partial charge in [-0.3, -0.25) is 0 Å². The Morgan fingerprint density at radius 3 is 2.94 bits per heavy atom. The lowest BCUT2D eigenvalue weighted by Crippen LogP contribution is -2.07. The monoisotopic (exact) mass is 232 g/mol. The van der Waals surface area contributed by atoms with Crippen LogP contribution in [0.2, 0.25) is 0 Å². The van der Waals surface area contributed by atoms with E-state index >= 15 is 0 Å². The molecule has 1 saturated carbocycles. The molecule has 2 aromatic rings. The van der Waals surface area contributed by atoms with Gasteiger partial charge >= 0.3 is 0 Å². The third kappa shape index (κ3) is 2.51. The van der Waals surface area contributed by atoms with Crippen molar-refractivity contribution >= 4 is 11.0 Å². The zero-order valence-corrected chi connectivity index (χ0v) is 9.63. The highest BCUT2D eigenvalue weighted by Gasteiger charge is 2.22. The second kappa shape index (κ2) is 4.51. The lowest BCUT2D eigenvalue weighted by atomic mass is 10.2. The highest BCUT2D eigenvalue weighted by atomic mass is 16.5. The van der Waals surface area contributed by atoms with E-state index in [1.54, 1.807) is 0 Å². The first kappa shape index (κ1) is 10.8. The molecule has 1 aliphatic carbocycles. The number of rotatable bonds is 5. The average Bonchev–Trinajstić information content (AvgIpc) is 3.06. The molecule has 0 amide bonds. The molecule has 17 heavy (non-hydrogen) atoms. The van der Waals surface area contributed by atoms with Crippen molar-refractivity contribution in [3.05, 3.63) is 36.1 Å². The Hall–Kier alpha value is -1.32. The SMILES string of the molecule is OC(COCC1CC1)c1cc2ccccc2o1. The fraction of sp³-hybridized carbons (Fsp3) is 0.429. The van der Waals surface area contributed by atoms with E-state index in [2.05, 4.69) is 0 Å². The first-order valence-electron chi connectivity index (χ1n) is 6.07. The lowest BCUT2D eigenvalue weighted by molar-refractivity contribution is 0.0217. The zero-order valence-electron chi connectivity index (χ0n) is 9.63. The predicted octanol–water partition coefficient (Wildman–Crippen LogP) is 2.89. The molecular weight excluding hydrogens is 216 g/mol. The van der Waals surface area contributed by atoms with Gasteiger partial charge < -0.3 is 14.3 Å². The van der Waals surface area contributed by atoms with Crippen LogP contribution in [-0.4, -0.2) is 18.3 Å². The van der Waals surface area contributed by atoms with Gasteiger partial charge in [-0.1, -0.05) is 18.2 Å². The summed E-state index contributed by atoms with van der Waals surface area (Å²) in [7, 11) is 0. The van der Waals surface area contributed by atoms with Crippen molar-refractivity contribution in [1.29, 1.82) is 0 Å². The normalized spacial score (nSPS) is 17.5. The van der Waals surface area contributed by atoms with Gasteiger partial charge in [0.1, 0.15) is 17.4 Å². The summed E-state index contributed by atoms with van der Waals surface area (Å²) in [6, 6.07) is 9.63. The van der Waals surface area contributed by atoms with Gasteiger partial charge in [0.25, 0.3) is 0 Å². The summed E-state index contributed by atoms with van der Waals surface area (Å²) in [6.07, 6.45) is 1.86. The van der Waals surface area contributed by atoms with Gasteiger partial charge in [-0.25, -0.2) is 0 Å². The van der Waals surface area contributed by atoms with Crippen LogP contribution in [0.5, 0.6) is 0 Å². The molecule has 0 spiro atoms. The molecule has 1 unspecified atom stereocenters. The Morgan fingerprint density at radius 1 is 1.35 bits per heavy atom. The molecule has 1 heterocycles. The molecule has 1 fully saturated rings. The van der Waals surface area contributed by atoms with E-state index in [1.165, 1.54) is 12.8 Å². The number of benzene rings is 1. The fourth-order valence-corrected chi connectivity index (χ4v) is 1.88. The predicted molar refractivity (Wildman–Crippen MR) is 64.7 cm³/mol. The first-order chi connectivity index (χ1) is 8.33. The van der Waals surface area contributed by atoms with Crippen molar-refractivity contribution in [2.24, 2.45) is 5.92 Å². The molecule has 1 aromatic carbocycles. The molecule has 0 saturated heterocycles. The van der Waals surface area contributed by atoms with Crippen LogP contribution in [0.25, 0.3) is 11.0 Å². The molecule has 3 nitrogen and oxygen atoms in total. The summed E-state index contributed by atoms with van der Waals surface area (Å²) < 4.78 is 11.0. The molecule has 0 radical (unpaired) electrons. The number of hydrogen-bond acceptors (Lipinski definition) is 3. The van der Waals surface area contributed by atoms with Gasteiger partial charge in [-0.05, 0) is 30.9 Å². The number of hydrogen-bond donors (Lipinski definition) is 1. The highest BCUT2D eigenvalue weighted by Crippen LogP contribution is 2.29. The van der Waals surface area contributed by atoms with E-state index in [0.717, 1.165) is 23.5 Å². The van der Waals surface area contributed by atoms with Gasteiger partial charge in [0.05, 0.1) is 6.61 Å². The Morgan fingerprint density at radius 2 is 2.18 bits per heavy atom. The van der Waals surface area contributed by atoms with Crippen molar-refractivity contribution in [2.45, 2.75) is 18.9 Å². The van der Waals surface area contributed by atoms with Crippen molar-refractivity contribution < 1.29 is 14.3 Å². The van der Waals surface area contributed by atoms with E-state index in [0.29, 0.717) is 12.4 Å². The second-order valence-electron chi connectivity index (χ2n) is 4.68. The summed E-state index contributed by atoms with van der Waals surface area (Å²) in [5, 5.41) is 11.0. The molecule has 1 aliphatic rings. The maximum Gasteiger partial charge on any atom is 0.136 e. The second-order valence-corrected chi connectivity index (χ2v) is 4.68. The third-order valence-corrected chi connectivity index (χ3v) is 3.10. The van der Waals surface area contributed by atoms with E-state index < -0.39 is 6.10 Å². The van der Waals surface area contributed by atoms with E-state index in [9.17, 15) is 5.11 Å². The van der Waals surface area contributed by atoms with Gasteiger partial charge in [0.15, 0.2) is 0 Å². The van der Waals surface area contributed by atoms with Crippen molar-refractivity contribution in [3.8, 4) is 0 Å².